The smallest absolute Gasteiger partial charge is 0.408 e. The zero-order valence-corrected chi connectivity index (χ0v) is 17.1. The third-order valence-corrected chi connectivity index (χ3v) is 5.17. The zero-order chi connectivity index (χ0) is 20.8. The van der Waals surface area contributed by atoms with Crippen molar-refractivity contribution >= 4 is 17.8 Å². The molecule has 2 atom stereocenters. The topological polar surface area (TPSA) is 101 Å². The molecule has 0 bridgehead atoms. The lowest BCUT2D eigenvalue weighted by molar-refractivity contribution is -0.127. The molecular formula is C21H30N4O4. The number of alkyl carbamates (subject to hydrolysis) is 1. The Bertz CT molecular complexity index is 721. The van der Waals surface area contributed by atoms with Gasteiger partial charge in [-0.05, 0) is 48.8 Å². The lowest BCUT2D eigenvalue weighted by Gasteiger charge is -2.22. The number of ether oxygens (including phenoxy) is 1. The number of aromatic nitrogens is 1. The molecule has 2 fully saturated rings. The van der Waals surface area contributed by atoms with E-state index in [-0.39, 0.29) is 24.2 Å². The van der Waals surface area contributed by atoms with E-state index in [1.54, 1.807) is 24.5 Å². The van der Waals surface area contributed by atoms with Gasteiger partial charge in [-0.1, -0.05) is 13.8 Å². The second-order valence-corrected chi connectivity index (χ2v) is 8.42. The number of likely N-dealkylation sites (tertiary alicyclic amines) is 1. The van der Waals surface area contributed by atoms with E-state index >= 15 is 0 Å². The molecular weight excluding hydrogens is 372 g/mol. The summed E-state index contributed by atoms with van der Waals surface area (Å²) in [5, 5.41) is 5.48. The monoisotopic (exact) mass is 402 g/mol. The normalized spacial score (nSPS) is 20.5. The molecule has 1 aromatic heterocycles. The van der Waals surface area contributed by atoms with E-state index in [4.69, 9.17) is 4.74 Å². The van der Waals surface area contributed by atoms with Crippen LogP contribution >= 0.6 is 0 Å². The molecule has 1 aromatic rings. The van der Waals surface area contributed by atoms with E-state index in [1.807, 2.05) is 13.8 Å². The number of Topliss-reactive ketones (excluding diaryl/α,β-unsaturated/α-hetero) is 1. The van der Waals surface area contributed by atoms with E-state index in [1.165, 1.54) is 12.8 Å². The van der Waals surface area contributed by atoms with Crippen molar-refractivity contribution in [2.24, 2.45) is 11.8 Å². The molecule has 2 aliphatic rings. The first-order valence-corrected chi connectivity index (χ1v) is 10.3. The molecule has 1 unspecified atom stereocenters. The largest absolute Gasteiger partial charge is 0.445 e. The summed E-state index contributed by atoms with van der Waals surface area (Å²) in [7, 11) is 0. The summed E-state index contributed by atoms with van der Waals surface area (Å²) in [4.78, 5) is 43.3. The van der Waals surface area contributed by atoms with E-state index in [9.17, 15) is 14.4 Å². The van der Waals surface area contributed by atoms with Crippen molar-refractivity contribution in [2.45, 2.75) is 51.8 Å². The molecule has 1 saturated heterocycles. The number of carbonyl (C=O) groups excluding carboxylic acids is 3. The molecule has 8 nitrogen and oxygen atoms in total. The molecule has 3 rings (SSSR count). The molecule has 158 valence electrons. The first-order valence-electron chi connectivity index (χ1n) is 10.3. The Morgan fingerprint density at radius 1 is 1.28 bits per heavy atom. The average molecular weight is 402 g/mol. The number of nitrogens with one attached hydrogen (secondary N) is 2. The Morgan fingerprint density at radius 2 is 2.00 bits per heavy atom. The third-order valence-electron chi connectivity index (χ3n) is 5.17. The van der Waals surface area contributed by atoms with Crippen LogP contribution in [0.1, 0.15) is 38.7 Å². The van der Waals surface area contributed by atoms with Gasteiger partial charge >= 0.3 is 6.09 Å². The van der Waals surface area contributed by atoms with Crippen molar-refractivity contribution in [1.82, 2.24) is 20.5 Å². The van der Waals surface area contributed by atoms with E-state index in [0.29, 0.717) is 25.4 Å². The maximum absolute atomic E-state index is 12.8. The lowest BCUT2D eigenvalue weighted by Crippen LogP contribution is -2.52. The average Bonchev–Trinajstić information content (AvgIpc) is 3.42. The highest BCUT2D eigenvalue weighted by atomic mass is 16.5. The summed E-state index contributed by atoms with van der Waals surface area (Å²) in [5.41, 5.74) is 0.812. The van der Waals surface area contributed by atoms with Crippen molar-refractivity contribution in [2.75, 3.05) is 19.6 Å². The quantitative estimate of drug-likeness (QED) is 0.649. The highest BCUT2D eigenvalue weighted by Gasteiger charge is 2.36. The van der Waals surface area contributed by atoms with E-state index < -0.39 is 18.2 Å². The SMILES string of the molecule is CC(C)C[C@H](NC(=O)OCc1ccncc1)C(=O)NC1CN(CC2CC2)CC1=O. The number of amides is 2. The van der Waals surface area contributed by atoms with Crippen LogP contribution in [-0.2, 0) is 20.9 Å². The second-order valence-electron chi connectivity index (χ2n) is 8.42. The number of nitrogens with zero attached hydrogens (tertiary/aromatic N) is 2. The van der Waals surface area contributed by atoms with Gasteiger partial charge in [0.15, 0.2) is 5.78 Å². The fourth-order valence-corrected chi connectivity index (χ4v) is 3.47. The Kier molecular flexibility index (Phi) is 7.19. The number of ketones is 1. The third kappa shape index (κ3) is 6.81. The minimum atomic E-state index is -0.745. The number of pyridine rings is 1. The van der Waals surface area contributed by atoms with Crippen LogP contribution in [0.3, 0.4) is 0 Å². The fourth-order valence-electron chi connectivity index (χ4n) is 3.47. The fraction of sp³-hybridized carbons (Fsp3) is 0.619. The Balaban J connectivity index is 1.50. The summed E-state index contributed by atoms with van der Waals surface area (Å²) >= 11 is 0. The van der Waals surface area contributed by atoms with Gasteiger partial charge in [-0.3, -0.25) is 19.5 Å². The van der Waals surface area contributed by atoms with Crippen molar-refractivity contribution < 1.29 is 19.1 Å². The number of hydrogen-bond acceptors (Lipinski definition) is 6. The lowest BCUT2D eigenvalue weighted by atomic mass is 10.0. The minimum Gasteiger partial charge on any atom is -0.445 e. The molecule has 2 amide bonds. The highest BCUT2D eigenvalue weighted by Crippen LogP contribution is 2.30. The van der Waals surface area contributed by atoms with E-state index in [0.717, 1.165) is 12.1 Å². The van der Waals surface area contributed by atoms with Gasteiger partial charge in [0.1, 0.15) is 18.7 Å². The predicted octanol–water partition coefficient (Wildman–Crippen LogP) is 1.50. The number of hydrogen-bond donors (Lipinski definition) is 2. The maximum Gasteiger partial charge on any atom is 0.408 e. The van der Waals surface area contributed by atoms with Gasteiger partial charge < -0.3 is 15.4 Å². The standard InChI is InChI=1S/C21H30N4O4/c1-14(2)9-17(24-21(28)29-13-16-5-7-22-8-6-16)20(27)23-18-11-25(12-19(18)26)10-15-3-4-15/h5-8,14-15,17-18H,3-4,9-13H2,1-2H3,(H,23,27)(H,24,28)/t17-,18?/m0/s1. The Morgan fingerprint density at radius 3 is 2.66 bits per heavy atom. The minimum absolute atomic E-state index is 0.0301. The molecule has 8 heteroatoms. The van der Waals surface area contributed by atoms with Gasteiger partial charge in [0.2, 0.25) is 5.91 Å². The Labute approximate surface area is 171 Å². The first kappa shape index (κ1) is 21.2. The van der Waals surface area contributed by atoms with Crippen LogP contribution in [0.25, 0.3) is 0 Å². The molecule has 1 aliphatic carbocycles. The molecule has 2 heterocycles. The highest BCUT2D eigenvalue weighted by molar-refractivity contribution is 5.94. The predicted molar refractivity (Wildman–Crippen MR) is 107 cm³/mol. The molecule has 29 heavy (non-hydrogen) atoms. The molecule has 2 N–H and O–H groups in total. The zero-order valence-electron chi connectivity index (χ0n) is 17.1. The number of carbonyl (C=O) groups is 3. The van der Waals surface area contributed by atoms with Crippen LogP contribution in [0.15, 0.2) is 24.5 Å². The van der Waals surface area contributed by atoms with Crippen LogP contribution in [0, 0.1) is 11.8 Å². The van der Waals surface area contributed by atoms with Crippen LogP contribution in [0.5, 0.6) is 0 Å². The van der Waals surface area contributed by atoms with Crippen molar-refractivity contribution in [1.29, 1.82) is 0 Å². The Hall–Kier alpha value is -2.48. The summed E-state index contributed by atoms with van der Waals surface area (Å²) in [5.74, 6) is 0.577. The van der Waals surface area contributed by atoms with Crippen LogP contribution < -0.4 is 10.6 Å². The van der Waals surface area contributed by atoms with Crippen LogP contribution in [0.4, 0.5) is 4.79 Å². The van der Waals surface area contributed by atoms with Gasteiger partial charge in [-0.2, -0.15) is 0 Å². The second kappa shape index (κ2) is 9.82. The molecule has 0 aromatic carbocycles. The molecule has 0 spiro atoms. The van der Waals surface area contributed by atoms with Gasteiger partial charge in [-0.25, -0.2) is 4.79 Å². The van der Waals surface area contributed by atoms with Crippen molar-refractivity contribution in [3.63, 3.8) is 0 Å². The van der Waals surface area contributed by atoms with Crippen molar-refractivity contribution in [3.8, 4) is 0 Å². The summed E-state index contributed by atoms with van der Waals surface area (Å²) in [6.45, 7) is 5.90. The molecule has 1 saturated carbocycles. The summed E-state index contributed by atoms with van der Waals surface area (Å²) in [6, 6.07) is 2.26. The van der Waals surface area contributed by atoms with Gasteiger partial charge in [-0.15, -0.1) is 0 Å². The van der Waals surface area contributed by atoms with Crippen molar-refractivity contribution in [3.05, 3.63) is 30.1 Å². The molecule has 1 aliphatic heterocycles. The van der Waals surface area contributed by atoms with Crippen LogP contribution in [0.2, 0.25) is 0 Å². The van der Waals surface area contributed by atoms with Gasteiger partial charge in [0.05, 0.1) is 6.54 Å². The van der Waals surface area contributed by atoms with Crippen LogP contribution in [-0.4, -0.2) is 59.4 Å². The van der Waals surface area contributed by atoms with E-state index in [2.05, 4.69) is 20.5 Å². The van der Waals surface area contributed by atoms with Gasteiger partial charge in [0, 0.05) is 25.5 Å². The summed E-state index contributed by atoms with van der Waals surface area (Å²) < 4.78 is 5.22. The maximum atomic E-state index is 12.8. The first-order chi connectivity index (χ1) is 13.9. The summed E-state index contributed by atoms with van der Waals surface area (Å²) in [6.07, 6.45) is 5.50. The molecule has 0 radical (unpaired) electrons. The van der Waals surface area contributed by atoms with Gasteiger partial charge in [0.25, 0.3) is 0 Å². The number of rotatable bonds is 9.